The molecule has 0 spiro atoms. The number of hydrogen-bond donors (Lipinski definition) is 0. The van der Waals surface area contributed by atoms with Gasteiger partial charge in [0, 0.05) is 19.7 Å². The SMILES string of the molecule is CN(C)C(=O)C(Sc1nnc(-c2ccc(C(C)(C)C)cc2)o1)c1ccccc1. The first-order valence-corrected chi connectivity index (χ1v) is 10.0. The molecule has 3 rings (SSSR count). The maximum atomic E-state index is 12.7. The van der Waals surface area contributed by atoms with Crippen molar-refractivity contribution in [2.24, 2.45) is 0 Å². The third kappa shape index (κ3) is 4.62. The predicted octanol–water partition coefficient (Wildman–Crippen LogP) is 4.96. The minimum atomic E-state index is -0.437. The van der Waals surface area contributed by atoms with Gasteiger partial charge in [-0.05, 0) is 40.4 Å². The fourth-order valence-corrected chi connectivity index (χ4v) is 3.73. The van der Waals surface area contributed by atoms with Crippen LogP contribution in [0.15, 0.2) is 64.2 Å². The van der Waals surface area contributed by atoms with Gasteiger partial charge in [0.15, 0.2) is 0 Å². The molecule has 0 radical (unpaired) electrons. The molecule has 1 amide bonds. The molecule has 3 aromatic rings. The van der Waals surface area contributed by atoms with E-state index in [0.29, 0.717) is 11.1 Å². The zero-order chi connectivity index (χ0) is 20.3. The van der Waals surface area contributed by atoms with Gasteiger partial charge < -0.3 is 9.32 Å². The normalized spacial score (nSPS) is 12.6. The lowest BCUT2D eigenvalue weighted by atomic mass is 9.87. The van der Waals surface area contributed by atoms with Gasteiger partial charge in [-0.25, -0.2) is 0 Å². The van der Waals surface area contributed by atoms with Gasteiger partial charge in [0.2, 0.25) is 11.8 Å². The zero-order valence-electron chi connectivity index (χ0n) is 16.8. The van der Waals surface area contributed by atoms with E-state index in [0.717, 1.165) is 11.1 Å². The van der Waals surface area contributed by atoms with Crippen molar-refractivity contribution in [3.8, 4) is 11.5 Å². The predicted molar refractivity (Wildman–Crippen MR) is 112 cm³/mol. The lowest BCUT2D eigenvalue weighted by Crippen LogP contribution is -2.26. The molecule has 0 bridgehead atoms. The Morgan fingerprint density at radius 3 is 2.21 bits per heavy atom. The van der Waals surface area contributed by atoms with E-state index in [4.69, 9.17) is 4.42 Å². The van der Waals surface area contributed by atoms with Crippen LogP contribution in [0.25, 0.3) is 11.5 Å². The Balaban J connectivity index is 1.83. The van der Waals surface area contributed by atoms with E-state index in [1.54, 1.807) is 19.0 Å². The molecule has 1 heterocycles. The van der Waals surface area contributed by atoms with Gasteiger partial charge in [-0.2, -0.15) is 0 Å². The Hall–Kier alpha value is -2.60. The minimum Gasteiger partial charge on any atom is -0.411 e. The molecular formula is C22H25N3O2S. The standard InChI is InChI=1S/C22H25N3O2S/c1-22(2,3)17-13-11-16(12-14-17)19-23-24-21(27-19)28-18(20(26)25(4)5)15-9-7-6-8-10-15/h6-14,18H,1-5H3. The van der Waals surface area contributed by atoms with Crippen LogP contribution in [0.1, 0.15) is 37.1 Å². The van der Waals surface area contributed by atoms with Gasteiger partial charge in [-0.3, -0.25) is 4.79 Å². The van der Waals surface area contributed by atoms with Gasteiger partial charge in [0.1, 0.15) is 5.25 Å². The van der Waals surface area contributed by atoms with Gasteiger partial charge in [-0.1, -0.05) is 63.2 Å². The first kappa shape index (κ1) is 20.1. The van der Waals surface area contributed by atoms with E-state index in [2.05, 4.69) is 43.1 Å². The lowest BCUT2D eigenvalue weighted by molar-refractivity contribution is -0.128. The second-order valence-corrected chi connectivity index (χ2v) is 8.90. The molecule has 2 aromatic carbocycles. The Kier molecular flexibility index (Phi) is 5.89. The fourth-order valence-electron chi connectivity index (χ4n) is 2.71. The number of carbonyl (C=O) groups is 1. The number of likely N-dealkylation sites (N-methyl/N-ethyl adjacent to an activating group) is 1. The second-order valence-electron chi connectivity index (χ2n) is 7.84. The largest absolute Gasteiger partial charge is 0.411 e. The van der Waals surface area contributed by atoms with Crippen molar-refractivity contribution in [2.45, 2.75) is 36.7 Å². The topological polar surface area (TPSA) is 59.2 Å². The minimum absolute atomic E-state index is 0.0227. The van der Waals surface area contributed by atoms with Gasteiger partial charge >= 0.3 is 0 Å². The first-order chi connectivity index (χ1) is 13.3. The number of nitrogens with zero attached hydrogens (tertiary/aromatic N) is 3. The first-order valence-electron chi connectivity index (χ1n) is 9.13. The van der Waals surface area contributed by atoms with Crippen LogP contribution in [-0.4, -0.2) is 35.1 Å². The zero-order valence-corrected chi connectivity index (χ0v) is 17.7. The average molecular weight is 396 g/mol. The number of thioether (sulfide) groups is 1. The number of rotatable bonds is 5. The van der Waals surface area contributed by atoms with E-state index in [1.807, 2.05) is 42.5 Å². The molecule has 0 aliphatic heterocycles. The van der Waals surface area contributed by atoms with Crippen LogP contribution in [0.4, 0.5) is 0 Å². The second kappa shape index (κ2) is 8.19. The summed E-state index contributed by atoms with van der Waals surface area (Å²) in [5.74, 6) is 0.428. The molecule has 0 aliphatic rings. The molecule has 28 heavy (non-hydrogen) atoms. The van der Waals surface area contributed by atoms with Crippen LogP contribution in [-0.2, 0) is 10.2 Å². The molecule has 0 aliphatic carbocycles. The van der Waals surface area contributed by atoms with Crippen molar-refractivity contribution < 1.29 is 9.21 Å². The van der Waals surface area contributed by atoms with Crippen LogP contribution < -0.4 is 0 Å². The van der Waals surface area contributed by atoms with E-state index in [1.165, 1.54) is 17.3 Å². The summed E-state index contributed by atoms with van der Waals surface area (Å²) >= 11 is 1.27. The van der Waals surface area contributed by atoms with Crippen LogP contribution in [0.2, 0.25) is 0 Å². The quantitative estimate of drug-likeness (QED) is 0.572. The maximum Gasteiger partial charge on any atom is 0.277 e. The van der Waals surface area contributed by atoms with Crippen molar-refractivity contribution in [1.29, 1.82) is 0 Å². The van der Waals surface area contributed by atoms with Crippen LogP contribution in [0.3, 0.4) is 0 Å². The van der Waals surface area contributed by atoms with Gasteiger partial charge in [-0.15, -0.1) is 10.2 Å². The van der Waals surface area contributed by atoms with Crippen molar-refractivity contribution >= 4 is 17.7 Å². The number of aromatic nitrogens is 2. The highest BCUT2D eigenvalue weighted by Gasteiger charge is 2.26. The van der Waals surface area contributed by atoms with E-state index < -0.39 is 5.25 Å². The van der Waals surface area contributed by atoms with Crippen LogP contribution >= 0.6 is 11.8 Å². The smallest absolute Gasteiger partial charge is 0.277 e. The Labute approximate surface area is 170 Å². The van der Waals surface area contributed by atoms with Crippen LogP contribution in [0, 0.1) is 0 Å². The van der Waals surface area contributed by atoms with Gasteiger partial charge in [0.05, 0.1) is 0 Å². The lowest BCUT2D eigenvalue weighted by Gasteiger charge is -2.19. The van der Waals surface area contributed by atoms with Crippen molar-refractivity contribution in [1.82, 2.24) is 15.1 Å². The Morgan fingerprint density at radius 2 is 1.64 bits per heavy atom. The Bertz CT molecular complexity index is 928. The molecule has 0 fully saturated rings. The molecule has 6 heteroatoms. The van der Waals surface area contributed by atoms with Crippen LogP contribution in [0.5, 0.6) is 0 Å². The average Bonchev–Trinajstić information content (AvgIpc) is 3.14. The molecular weight excluding hydrogens is 370 g/mol. The molecule has 1 aromatic heterocycles. The molecule has 0 saturated heterocycles. The summed E-state index contributed by atoms with van der Waals surface area (Å²) in [5, 5.41) is 8.25. The third-order valence-corrected chi connectivity index (χ3v) is 5.47. The fraction of sp³-hybridized carbons (Fsp3) is 0.318. The summed E-state index contributed by atoms with van der Waals surface area (Å²) in [7, 11) is 3.49. The number of carbonyl (C=O) groups excluding carboxylic acids is 1. The molecule has 1 unspecified atom stereocenters. The van der Waals surface area contributed by atoms with E-state index in [9.17, 15) is 4.79 Å². The highest BCUT2D eigenvalue weighted by molar-refractivity contribution is 8.00. The number of benzene rings is 2. The van der Waals surface area contributed by atoms with Crippen molar-refractivity contribution in [3.63, 3.8) is 0 Å². The molecule has 5 nitrogen and oxygen atoms in total. The van der Waals surface area contributed by atoms with Crippen molar-refractivity contribution in [2.75, 3.05) is 14.1 Å². The highest BCUT2D eigenvalue weighted by Crippen LogP contribution is 2.37. The third-order valence-electron chi connectivity index (χ3n) is 4.39. The highest BCUT2D eigenvalue weighted by atomic mass is 32.2. The molecule has 0 N–H and O–H groups in total. The summed E-state index contributed by atoms with van der Waals surface area (Å²) < 4.78 is 5.85. The number of amides is 1. The Morgan fingerprint density at radius 1 is 1.00 bits per heavy atom. The monoisotopic (exact) mass is 395 g/mol. The summed E-state index contributed by atoms with van der Waals surface area (Å²) in [6.07, 6.45) is 0. The maximum absolute atomic E-state index is 12.7. The summed E-state index contributed by atoms with van der Waals surface area (Å²) in [6, 6.07) is 17.8. The summed E-state index contributed by atoms with van der Waals surface area (Å²) in [6.45, 7) is 6.53. The summed E-state index contributed by atoms with van der Waals surface area (Å²) in [5.41, 5.74) is 3.10. The van der Waals surface area contributed by atoms with E-state index in [-0.39, 0.29) is 11.3 Å². The molecule has 146 valence electrons. The molecule has 0 saturated carbocycles. The summed E-state index contributed by atoms with van der Waals surface area (Å²) in [4.78, 5) is 14.2. The van der Waals surface area contributed by atoms with E-state index >= 15 is 0 Å². The van der Waals surface area contributed by atoms with Gasteiger partial charge in [0.25, 0.3) is 5.22 Å². The number of hydrogen-bond acceptors (Lipinski definition) is 5. The van der Waals surface area contributed by atoms with Crippen molar-refractivity contribution in [3.05, 3.63) is 65.7 Å². The molecule has 1 atom stereocenters.